The lowest BCUT2D eigenvalue weighted by molar-refractivity contribution is -0.126. The van der Waals surface area contributed by atoms with Crippen molar-refractivity contribution in [1.29, 1.82) is 0 Å². The molecular formula is C16H22N2O3. The molecule has 2 rings (SSSR count). The van der Waals surface area contributed by atoms with Crippen LogP contribution in [-0.4, -0.2) is 31.0 Å². The fourth-order valence-electron chi connectivity index (χ4n) is 1.95. The summed E-state index contributed by atoms with van der Waals surface area (Å²) < 4.78 is 5.36. The first-order chi connectivity index (χ1) is 10.2. The molecule has 0 aromatic heterocycles. The maximum Gasteiger partial charge on any atom is 0.239 e. The third-order valence-electron chi connectivity index (χ3n) is 3.26. The monoisotopic (exact) mass is 290 g/mol. The molecule has 0 bridgehead atoms. The lowest BCUT2D eigenvalue weighted by Gasteiger charge is -2.07. The van der Waals surface area contributed by atoms with Crippen LogP contribution in [0.25, 0.3) is 0 Å². The van der Waals surface area contributed by atoms with Crippen LogP contribution < -0.4 is 15.4 Å². The van der Waals surface area contributed by atoms with Gasteiger partial charge in [-0.15, -0.1) is 0 Å². The van der Waals surface area contributed by atoms with Crippen molar-refractivity contribution in [2.24, 2.45) is 0 Å². The van der Waals surface area contributed by atoms with Gasteiger partial charge in [-0.2, -0.15) is 0 Å². The molecule has 21 heavy (non-hydrogen) atoms. The molecule has 0 aliphatic heterocycles. The predicted octanol–water partition coefficient (Wildman–Crippen LogP) is 1.41. The number of carbonyl (C=O) groups excluding carboxylic acids is 2. The van der Waals surface area contributed by atoms with Gasteiger partial charge < -0.3 is 15.4 Å². The van der Waals surface area contributed by atoms with Crippen LogP contribution in [-0.2, 0) is 16.0 Å². The zero-order valence-electron chi connectivity index (χ0n) is 12.4. The highest BCUT2D eigenvalue weighted by Crippen LogP contribution is 2.18. The molecule has 1 aliphatic rings. The van der Waals surface area contributed by atoms with Gasteiger partial charge >= 0.3 is 0 Å². The second-order valence-electron chi connectivity index (χ2n) is 5.20. The van der Waals surface area contributed by atoms with E-state index in [4.69, 9.17) is 4.74 Å². The van der Waals surface area contributed by atoms with Crippen molar-refractivity contribution in [3.63, 3.8) is 0 Å². The lowest BCUT2D eigenvalue weighted by atomic mass is 10.1. The molecule has 2 amide bonds. The lowest BCUT2D eigenvalue weighted by Crippen LogP contribution is -2.37. The van der Waals surface area contributed by atoms with E-state index in [-0.39, 0.29) is 18.4 Å². The van der Waals surface area contributed by atoms with Gasteiger partial charge in [-0.1, -0.05) is 12.1 Å². The topological polar surface area (TPSA) is 67.4 Å². The maximum atomic E-state index is 11.7. The Balaban J connectivity index is 1.64. The van der Waals surface area contributed by atoms with E-state index < -0.39 is 0 Å². The van der Waals surface area contributed by atoms with Crippen LogP contribution in [0.3, 0.4) is 0 Å². The second kappa shape index (κ2) is 7.67. The predicted molar refractivity (Wildman–Crippen MR) is 80.1 cm³/mol. The Kier molecular flexibility index (Phi) is 5.60. The first-order valence-electron chi connectivity index (χ1n) is 7.45. The Bertz CT molecular complexity index is 481. The van der Waals surface area contributed by atoms with Crippen molar-refractivity contribution in [1.82, 2.24) is 10.6 Å². The van der Waals surface area contributed by atoms with E-state index in [0.717, 1.165) is 24.2 Å². The molecular weight excluding hydrogens is 268 g/mol. The van der Waals surface area contributed by atoms with E-state index in [2.05, 4.69) is 10.6 Å². The summed E-state index contributed by atoms with van der Waals surface area (Å²) in [5.74, 6) is 0.629. The molecule has 1 aromatic carbocycles. The van der Waals surface area contributed by atoms with Gasteiger partial charge in [0.15, 0.2) is 0 Å². The van der Waals surface area contributed by atoms with Crippen molar-refractivity contribution in [2.75, 3.05) is 13.2 Å². The number of benzene rings is 1. The Morgan fingerprint density at radius 3 is 2.52 bits per heavy atom. The number of hydrogen-bond acceptors (Lipinski definition) is 3. The number of nitrogens with one attached hydrogen (secondary N) is 2. The van der Waals surface area contributed by atoms with Crippen LogP contribution in [0, 0.1) is 0 Å². The van der Waals surface area contributed by atoms with Crippen LogP contribution in [0.4, 0.5) is 0 Å². The normalized spacial score (nSPS) is 13.6. The summed E-state index contributed by atoms with van der Waals surface area (Å²) >= 11 is 0. The van der Waals surface area contributed by atoms with Gasteiger partial charge in [-0.3, -0.25) is 9.59 Å². The van der Waals surface area contributed by atoms with Gasteiger partial charge in [-0.25, -0.2) is 0 Å². The molecule has 0 heterocycles. The Labute approximate surface area is 125 Å². The minimum Gasteiger partial charge on any atom is -0.494 e. The first-order valence-corrected chi connectivity index (χ1v) is 7.45. The average Bonchev–Trinajstić information content (AvgIpc) is 3.28. The summed E-state index contributed by atoms with van der Waals surface area (Å²) in [6.07, 6.45) is 3.14. The maximum absolute atomic E-state index is 11.7. The van der Waals surface area contributed by atoms with Gasteiger partial charge in [0.05, 0.1) is 13.2 Å². The van der Waals surface area contributed by atoms with Crippen molar-refractivity contribution >= 4 is 11.8 Å². The number of ether oxygens (including phenoxy) is 1. The minimum absolute atomic E-state index is 0.0681. The Morgan fingerprint density at radius 1 is 1.19 bits per heavy atom. The highest BCUT2D eigenvalue weighted by Gasteiger charge is 2.23. The number of carbonyl (C=O) groups is 2. The summed E-state index contributed by atoms with van der Waals surface area (Å²) in [4.78, 5) is 23.1. The summed E-state index contributed by atoms with van der Waals surface area (Å²) in [5.41, 5.74) is 1.08. The molecule has 0 atom stereocenters. The van der Waals surface area contributed by atoms with E-state index in [1.165, 1.54) is 0 Å². The zero-order chi connectivity index (χ0) is 15.1. The van der Waals surface area contributed by atoms with Crippen molar-refractivity contribution in [3.05, 3.63) is 29.8 Å². The molecule has 1 saturated carbocycles. The van der Waals surface area contributed by atoms with Gasteiger partial charge in [0, 0.05) is 12.5 Å². The van der Waals surface area contributed by atoms with Crippen LogP contribution in [0.15, 0.2) is 24.3 Å². The van der Waals surface area contributed by atoms with Gasteiger partial charge in [0.1, 0.15) is 5.75 Å². The quantitative estimate of drug-likeness (QED) is 0.761. The third kappa shape index (κ3) is 5.85. The van der Waals surface area contributed by atoms with Crippen LogP contribution in [0.5, 0.6) is 5.75 Å². The molecule has 1 aromatic rings. The number of rotatable bonds is 8. The van der Waals surface area contributed by atoms with Crippen molar-refractivity contribution < 1.29 is 14.3 Å². The van der Waals surface area contributed by atoms with Crippen LogP contribution in [0.2, 0.25) is 0 Å². The molecule has 0 saturated heterocycles. The molecule has 5 nitrogen and oxygen atoms in total. The molecule has 0 unspecified atom stereocenters. The van der Waals surface area contributed by atoms with Gasteiger partial charge in [-0.05, 0) is 43.9 Å². The van der Waals surface area contributed by atoms with Crippen molar-refractivity contribution in [2.45, 2.75) is 38.6 Å². The van der Waals surface area contributed by atoms with Gasteiger partial charge in [0.25, 0.3) is 0 Å². The SMILES string of the molecule is CCOc1ccc(CCC(=O)NCC(=O)NC2CC2)cc1. The van der Waals surface area contributed by atoms with Crippen LogP contribution in [0.1, 0.15) is 31.7 Å². The van der Waals surface area contributed by atoms with Crippen LogP contribution >= 0.6 is 0 Å². The highest BCUT2D eigenvalue weighted by atomic mass is 16.5. The molecule has 2 N–H and O–H groups in total. The first kappa shape index (κ1) is 15.4. The number of aryl methyl sites for hydroxylation is 1. The summed E-state index contributed by atoms with van der Waals surface area (Å²) in [6.45, 7) is 2.65. The molecule has 5 heteroatoms. The number of amides is 2. The molecule has 0 radical (unpaired) electrons. The fraction of sp³-hybridized carbons (Fsp3) is 0.500. The smallest absolute Gasteiger partial charge is 0.239 e. The largest absolute Gasteiger partial charge is 0.494 e. The third-order valence-corrected chi connectivity index (χ3v) is 3.26. The fourth-order valence-corrected chi connectivity index (χ4v) is 1.95. The average molecular weight is 290 g/mol. The van der Waals surface area contributed by atoms with E-state index in [1.54, 1.807) is 0 Å². The summed E-state index contributed by atoms with van der Waals surface area (Å²) in [6, 6.07) is 8.05. The summed E-state index contributed by atoms with van der Waals surface area (Å²) in [7, 11) is 0. The highest BCUT2D eigenvalue weighted by molar-refractivity contribution is 5.85. The Hall–Kier alpha value is -2.04. The van der Waals surface area contributed by atoms with E-state index in [9.17, 15) is 9.59 Å². The standard InChI is InChI=1S/C16H22N2O3/c1-2-21-14-8-3-12(4-9-14)5-10-15(19)17-11-16(20)18-13-6-7-13/h3-4,8-9,13H,2,5-7,10-11H2,1H3,(H,17,19)(H,18,20). The molecule has 0 spiro atoms. The molecule has 114 valence electrons. The Morgan fingerprint density at radius 2 is 1.90 bits per heavy atom. The molecule has 1 fully saturated rings. The van der Waals surface area contributed by atoms with E-state index >= 15 is 0 Å². The molecule has 1 aliphatic carbocycles. The summed E-state index contributed by atoms with van der Waals surface area (Å²) in [5, 5.41) is 5.48. The van der Waals surface area contributed by atoms with E-state index in [1.807, 2.05) is 31.2 Å². The van der Waals surface area contributed by atoms with Gasteiger partial charge in [0.2, 0.25) is 11.8 Å². The van der Waals surface area contributed by atoms with E-state index in [0.29, 0.717) is 25.5 Å². The second-order valence-corrected chi connectivity index (χ2v) is 5.20. The zero-order valence-corrected chi connectivity index (χ0v) is 12.4. The van der Waals surface area contributed by atoms with Crippen molar-refractivity contribution in [3.8, 4) is 5.75 Å². The minimum atomic E-state index is -0.105. The number of hydrogen-bond donors (Lipinski definition) is 2.